The molecular formula is HCuMnNaNiOZn. The standard InChI is InChI=1S/Cu.Mn.Na.Ni.O.Zn.H/q;;+1;;;;-1. The summed E-state index contributed by atoms with van der Waals surface area (Å²) in [4.78, 5) is 0. The van der Waals surface area contributed by atoms with Gasteiger partial charge in [0.1, 0.15) is 0 Å². The van der Waals surface area contributed by atoms with Gasteiger partial charge in [0.25, 0.3) is 0 Å². The smallest absolute Gasteiger partial charge is 0 e. The van der Waals surface area contributed by atoms with Crippen molar-refractivity contribution in [2.75, 3.05) is 0 Å². The van der Waals surface area contributed by atoms with Gasteiger partial charge in [-0.25, -0.2) is 0 Å². The van der Waals surface area contributed by atoms with Crippen LogP contribution in [0.3, 0.4) is 0 Å². The minimum absolute atomic E-state index is 0. The average molecular weight is 283 g/mol. The van der Waals surface area contributed by atoms with Crippen LogP contribution in [-0.4, -0.2) is 0 Å². The van der Waals surface area contributed by atoms with Crippen LogP contribution in [0.25, 0.3) is 0 Å². The van der Waals surface area contributed by atoms with Crippen molar-refractivity contribution < 1.29 is 104 Å². The van der Waals surface area contributed by atoms with Crippen molar-refractivity contribution in [2.45, 2.75) is 0 Å². The molecule has 0 atom stereocenters. The molecule has 0 saturated carbocycles. The zero-order valence-corrected chi connectivity index (χ0v) is 11.2. The van der Waals surface area contributed by atoms with Gasteiger partial charge >= 0.3 is 49.3 Å². The van der Waals surface area contributed by atoms with Gasteiger partial charge in [-0.05, 0) is 0 Å². The molecule has 0 saturated heterocycles. The van der Waals surface area contributed by atoms with Crippen LogP contribution in [0.5, 0.6) is 0 Å². The van der Waals surface area contributed by atoms with Crippen molar-refractivity contribution in [1.82, 2.24) is 0 Å². The Morgan fingerprint density at radius 1 is 1.33 bits per heavy atom. The molecule has 0 aromatic carbocycles. The molecule has 38 valence electrons. The van der Waals surface area contributed by atoms with E-state index in [0.717, 1.165) is 0 Å². The first kappa shape index (κ1) is 36.2. The SMILES string of the molecule is [Cu].[H-].[Na+].[Ni].[O]=[Mn].[Zn]. The minimum atomic E-state index is 0. The van der Waals surface area contributed by atoms with Crippen molar-refractivity contribution in [3.63, 3.8) is 0 Å². The summed E-state index contributed by atoms with van der Waals surface area (Å²) >= 11 is 1.69. The third-order valence-corrected chi connectivity index (χ3v) is 0. The molecule has 0 aliphatic heterocycles. The van der Waals surface area contributed by atoms with E-state index in [0.29, 0.717) is 0 Å². The van der Waals surface area contributed by atoms with Crippen LogP contribution in [0, 0.1) is 0 Å². The van der Waals surface area contributed by atoms with Gasteiger partial charge in [-0.2, -0.15) is 0 Å². The summed E-state index contributed by atoms with van der Waals surface area (Å²) < 4.78 is 8.06. The Morgan fingerprint density at radius 3 is 1.33 bits per heavy atom. The van der Waals surface area contributed by atoms with Crippen LogP contribution in [0.15, 0.2) is 0 Å². The topological polar surface area (TPSA) is 17.1 Å². The van der Waals surface area contributed by atoms with E-state index in [1.54, 1.807) is 15.9 Å². The Balaban J connectivity index is -0.000000000500. The zero-order valence-electron chi connectivity index (χ0n) is 4.11. The summed E-state index contributed by atoms with van der Waals surface area (Å²) in [5.41, 5.74) is 0. The van der Waals surface area contributed by atoms with Gasteiger partial charge in [0.15, 0.2) is 0 Å². The molecule has 1 radical (unpaired) electrons. The van der Waals surface area contributed by atoms with Gasteiger partial charge in [0, 0.05) is 53.0 Å². The van der Waals surface area contributed by atoms with Crippen LogP contribution in [0.1, 0.15) is 1.43 Å². The van der Waals surface area contributed by atoms with E-state index >= 15 is 0 Å². The Bertz CT molecular complexity index is 19.7. The molecule has 0 rings (SSSR count). The Morgan fingerprint density at radius 2 is 1.33 bits per heavy atom. The van der Waals surface area contributed by atoms with E-state index in [2.05, 4.69) is 0 Å². The first-order valence-electron chi connectivity index (χ1n) is 0.154. The molecule has 0 aliphatic rings. The van der Waals surface area contributed by atoms with E-state index in [4.69, 9.17) is 3.83 Å². The van der Waals surface area contributed by atoms with Crippen molar-refractivity contribution in [3.05, 3.63) is 0 Å². The van der Waals surface area contributed by atoms with Gasteiger partial charge in [-0.15, -0.1) is 0 Å². The normalized spacial score (nSPS) is 0.667. The molecule has 0 bridgehead atoms. The predicted molar refractivity (Wildman–Crippen MR) is 1.80 cm³/mol. The van der Waals surface area contributed by atoms with Crippen molar-refractivity contribution in [2.24, 2.45) is 0 Å². The third-order valence-electron chi connectivity index (χ3n) is 0. The molecule has 0 fully saturated rings. The van der Waals surface area contributed by atoms with Gasteiger partial charge in [0.05, 0.1) is 0 Å². The van der Waals surface area contributed by atoms with Gasteiger partial charge in [-0.1, -0.05) is 0 Å². The predicted octanol–water partition coefficient (Wildman–Crippen LogP) is -3.01. The van der Waals surface area contributed by atoms with Crippen LogP contribution in [0.2, 0.25) is 0 Å². The fourth-order valence-corrected chi connectivity index (χ4v) is 0. The molecule has 1 nitrogen and oxygen atoms in total. The first-order chi connectivity index (χ1) is 1.00. The Hall–Kier alpha value is 2.96. The average Bonchev–Trinajstić information content (AvgIpc) is 1.00. The zero-order chi connectivity index (χ0) is 2.00. The summed E-state index contributed by atoms with van der Waals surface area (Å²) in [6.07, 6.45) is 0. The molecule has 0 N–H and O–H groups in total. The van der Waals surface area contributed by atoms with Crippen LogP contribution >= 0.6 is 0 Å². The van der Waals surface area contributed by atoms with Gasteiger partial charge < -0.3 is 1.43 Å². The molecular weight excluding hydrogens is 282 g/mol. The second kappa shape index (κ2) is 44.1. The molecule has 0 aromatic heterocycles. The summed E-state index contributed by atoms with van der Waals surface area (Å²) in [5, 5.41) is 0. The molecule has 0 aromatic rings. The fourth-order valence-electron chi connectivity index (χ4n) is 0. The molecule has 0 heterocycles. The molecule has 0 amide bonds. The van der Waals surface area contributed by atoms with Crippen molar-refractivity contribution in [3.8, 4) is 0 Å². The molecule has 0 unspecified atom stereocenters. The van der Waals surface area contributed by atoms with Crippen molar-refractivity contribution in [1.29, 1.82) is 0 Å². The third kappa shape index (κ3) is 28.2. The van der Waals surface area contributed by atoms with Crippen LogP contribution < -0.4 is 29.6 Å². The summed E-state index contributed by atoms with van der Waals surface area (Å²) in [7, 11) is 0. The maximum absolute atomic E-state index is 8.06. The summed E-state index contributed by atoms with van der Waals surface area (Å²) in [6, 6.07) is 0. The Labute approximate surface area is 102 Å². The van der Waals surface area contributed by atoms with Crippen LogP contribution in [0.4, 0.5) is 0 Å². The van der Waals surface area contributed by atoms with Crippen LogP contribution in [-0.2, 0) is 72.8 Å². The van der Waals surface area contributed by atoms with E-state index in [-0.39, 0.29) is 84.0 Å². The molecule has 0 aliphatic carbocycles. The number of rotatable bonds is 0. The second-order valence-corrected chi connectivity index (χ2v) is 0. The molecule has 0 spiro atoms. The largest absolute Gasteiger partial charge is 0 e. The maximum Gasteiger partial charge on any atom is 0 e. The summed E-state index contributed by atoms with van der Waals surface area (Å²) in [5.74, 6) is 0. The van der Waals surface area contributed by atoms with Gasteiger partial charge in [-0.3, -0.25) is 0 Å². The van der Waals surface area contributed by atoms with Gasteiger partial charge in [0.2, 0.25) is 0 Å². The minimum Gasteiger partial charge on any atom is 0 e. The van der Waals surface area contributed by atoms with E-state index in [9.17, 15) is 0 Å². The van der Waals surface area contributed by atoms with E-state index < -0.39 is 0 Å². The van der Waals surface area contributed by atoms with E-state index in [1.165, 1.54) is 0 Å². The molecule has 6 heteroatoms. The fraction of sp³-hybridized carbons (Fsp3) is 0. The second-order valence-electron chi connectivity index (χ2n) is 0. The monoisotopic (exact) mass is 280 g/mol. The number of hydrogen-bond acceptors (Lipinski definition) is 1. The Kier molecular flexibility index (Phi) is 266. The maximum atomic E-state index is 8.06. The summed E-state index contributed by atoms with van der Waals surface area (Å²) in [6.45, 7) is 0. The number of hydrogen-bond donors (Lipinski definition) is 0. The first-order valence-corrected chi connectivity index (χ1v) is 0.636. The van der Waals surface area contributed by atoms with E-state index in [1.807, 2.05) is 0 Å². The van der Waals surface area contributed by atoms with Crippen molar-refractivity contribution >= 4 is 0 Å². The quantitative estimate of drug-likeness (QED) is 0.433. The molecule has 6 heavy (non-hydrogen) atoms.